The van der Waals surface area contributed by atoms with Crippen LogP contribution in [0.4, 0.5) is 11.4 Å². The summed E-state index contributed by atoms with van der Waals surface area (Å²) in [6, 6.07) is 22.4. The first-order valence-corrected chi connectivity index (χ1v) is 40.5. The molecule has 26 nitrogen and oxygen atoms in total. The van der Waals surface area contributed by atoms with Gasteiger partial charge in [-0.25, -0.2) is 8.42 Å². The third-order valence-corrected chi connectivity index (χ3v) is 27.5. The van der Waals surface area contributed by atoms with Gasteiger partial charge in [0.2, 0.25) is 11.8 Å². The van der Waals surface area contributed by atoms with E-state index in [-0.39, 0.29) is 92.9 Å². The maximum atomic E-state index is 14.6. The summed E-state index contributed by atoms with van der Waals surface area (Å²) in [5.74, 6) is -3.27. The number of benzene rings is 4. The van der Waals surface area contributed by atoms with Gasteiger partial charge < -0.3 is 58.6 Å². The predicted molar refractivity (Wildman–Crippen MR) is 400 cm³/mol. The maximum absolute atomic E-state index is 14.6. The minimum Gasteiger partial charge on any atom is -0.490 e. The van der Waals surface area contributed by atoms with Gasteiger partial charge in [-0.05, 0) is 195 Å². The normalized spacial score (nSPS) is 31.6. The molecule has 2 aromatic heterocycles. The summed E-state index contributed by atoms with van der Waals surface area (Å²) in [6.07, 6.45) is 5.76. The number of aliphatic hydroxyl groups is 4. The first-order chi connectivity index (χ1) is 50.6. The molecule has 106 heavy (non-hydrogen) atoms. The molecular formula is C76H96Cl2N10O16S2. The monoisotopic (exact) mass is 1540 g/mol. The van der Waals surface area contributed by atoms with E-state index in [0.717, 1.165) is 64.2 Å². The van der Waals surface area contributed by atoms with E-state index in [2.05, 4.69) is 50.3 Å². The molecule has 4 amide bonds. The molecular weight excluding hydrogens is 1440 g/mol. The summed E-state index contributed by atoms with van der Waals surface area (Å²) in [7, 11) is 1.48. The standard InChI is InChI=1S/2C38H48ClN5O8S/c2*1-22-14-31(45)33(46)34(50-3)27-10-7-25(27)17-44-20-38(13-5-6-23-15-26(39)9-11-29(23)38)21-52-32-12-8-24(16-30(32)44)35(47)41-53(49,19-22)42-36(48)28-18-43(2)40-37(28)51-4/h2*8-9,11-12,15-16,18,22,25,27,31,33-34,45-46H,5-7,10,13-14,17,19-21H2,1-4H3,(H,41,42,47,48,49)/t22-,25-,27+,31+,33-,34+,38-,53?;22-,25-,27+,31-,33+,34+,38-,53?/m00/s1. The predicted octanol–water partition coefficient (Wildman–Crippen LogP) is 8.62. The Hall–Kier alpha value is -7.38. The summed E-state index contributed by atoms with van der Waals surface area (Å²) in [4.78, 5) is 59.7. The Morgan fingerprint density at radius 3 is 1.36 bits per heavy atom. The second-order valence-electron chi connectivity index (χ2n) is 30.5. The van der Waals surface area contributed by atoms with Gasteiger partial charge in [-0.2, -0.15) is 0 Å². The smallest absolute Gasteiger partial charge is 0.286 e. The third kappa shape index (κ3) is 15.8. The van der Waals surface area contributed by atoms with E-state index in [9.17, 15) is 48.0 Å². The van der Waals surface area contributed by atoms with Crippen molar-refractivity contribution in [2.75, 3.05) is 89.1 Å². The number of fused-ring (bicyclic) bond motifs is 8. The number of carbonyl (C=O) groups is 4. The molecule has 2 spiro atoms. The molecule has 4 aromatic carbocycles. The van der Waals surface area contributed by atoms with Crippen LogP contribution in [-0.4, -0.2) is 188 Å². The van der Waals surface area contributed by atoms with Crippen LogP contribution in [0.1, 0.15) is 142 Å². The molecule has 2 fully saturated rings. The van der Waals surface area contributed by atoms with Crippen LogP contribution >= 0.6 is 23.2 Å². The number of amides is 4. The fourth-order valence-corrected chi connectivity index (χ4v) is 21.8. The molecule has 8 aliphatic rings. The Morgan fingerprint density at radius 1 is 0.585 bits per heavy atom. The van der Waals surface area contributed by atoms with Crippen LogP contribution in [0.3, 0.4) is 0 Å². The van der Waals surface area contributed by atoms with E-state index < -0.39 is 91.9 Å². The number of aryl methyl sites for hydroxylation is 4. The number of aromatic nitrogens is 4. The molecule has 14 rings (SSSR count). The number of carbonyl (C=O) groups excluding carboxylic acids is 4. The molecule has 30 heteroatoms. The summed E-state index contributed by atoms with van der Waals surface area (Å²) >= 11 is 12.9. The average molecular weight is 1540 g/mol. The summed E-state index contributed by atoms with van der Waals surface area (Å²) in [6.45, 7) is 6.72. The highest BCUT2D eigenvalue weighted by Gasteiger charge is 2.50. The Balaban J connectivity index is 0.000000188. The molecule has 6 heterocycles. The van der Waals surface area contributed by atoms with Crippen molar-refractivity contribution in [2.24, 2.45) is 58.3 Å². The zero-order valence-corrected chi connectivity index (χ0v) is 64.1. The topological polar surface area (TPSA) is 330 Å². The van der Waals surface area contributed by atoms with Crippen molar-refractivity contribution >= 4 is 78.0 Å². The van der Waals surface area contributed by atoms with Crippen LogP contribution in [0.5, 0.6) is 23.3 Å². The molecule has 6 N–H and O–H groups in total. The van der Waals surface area contributed by atoms with Crippen LogP contribution in [0.25, 0.3) is 0 Å². The SMILES string of the molecule is COc1nn(C)cc1C(=O)NS1(=O)=NC(=O)c2ccc3c(c2)N(C[C@@H]2CC[C@H]2[C@@H](OC)[C@@H](O)[C@H](O)C[C@H](C)C1)C[C@@]1(CCCc2cc(Cl)ccc21)CO3.COc1nn(C)cc1C(=O)NS1(=O)=NC(=O)c2ccc3c(c2)N(C[C@@H]2CC[C@H]2[C@@H](OC)[C@H](O)[C@@H](O)C[C@H](C)C1)C[C@@]1(CCCc2cc(Cl)ccc21)CO3. The molecule has 2 unspecified atom stereocenters. The van der Waals surface area contributed by atoms with Crippen LogP contribution < -0.4 is 38.2 Å². The second-order valence-corrected chi connectivity index (χ2v) is 35.4. The van der Waals surface area contributed by atoms with Gasteiger partial charge in [0.15, 0.2) is 0 Å². The summed E-state index contributed by atoms with van der Waals surface area (Å²) in [5, 5.41) is 55.3. The van der Waals surface area contributed by atoms with Crippen molar-refractivity contribution in [1.82, 2.24) is 29.0 Å². The highest BCUT2D eigenvalue weighted by Crippen LogP contribution is 2.50. The minimum absolute atomic E-state index is 0.0198. The molecule has 572 valence electrons. The van der Waals surface area contributed by atoms with Crippen molar-refractivity contribution in [3.8, 4) is 23.3 Å². The number of rotatable bonds is 8. The molecule has 2 saturated carbocycles. The highest BCUT2D eigenvalue weighted by molar-refractivity contribution is 7.92. The highest BCUT2D eigenvalue weighted by atomic mass is 35.5. The van der Waals surface area contributed by atoms with Gasteiger partial charge >= 0.3 is 0 Å². The van der Waals surface area contributed by atoms with Gasteiger partial charge in [-0.15, -0.1) is 18.9 Å². The number of nitrogens with one attached hydrogen (secondary N) is 2. The fourth-order valence-electron chi connectivity index (χ4n) is 17.7. The van der Waals surface area contributed by atoms with Crippen LogP contribution in [0.2, 0.25) is 10.0 Å². The lowest BCUT2D eigenvalue weighted by atomic mass is 9.67. The Morgan fingerprint density at radius 2 is 0.991 bits per heavy atom. The quantitative estimate of drug-likeness (QED) is 0.0830. The molecule has 16 atom stereocenters. The minimum atomic E-state index is -3.79. The van der Waals surface area contributed by atoms with Gasteiger partial charge in [0.1, 0.15) is 54.7 Å². The first kappa shape index (κ1) is 76.8. The number of anilines is 2. The van der Waals surface area contributed by atoms with Gasteiger partial charge in [-0.3, -0.25) is 38.0 Å². The zero-order chi connectivity index (χ0) is 75.3. The lowest BCUT2D eigenvalue weighted by molar-refractivity contribution is -0.127. The Labute approximate surface area is 628 Å². The zero-order valence-electron chi connectivity index (χ0n) is 61.0. The molecule has 4 bridgehead atoms. The van der Waals surface area contributed by atoms with Gasteiger partial charge in [0.05, 0.1) is 74.7 Å². The molecule has 0 saturated heterocycles. The summed E-state index contributed by atoms with van der Waals surface area (Å²) in [5.41, 5.74) is 5.94. The van der Waals surface area contributed by atoms with Crippen molar-refractivity contribution < 1.29 is 76.4 Å². The van der Waals surface area contributed by atoms with Crippen LogP contribution in [0, 0.1) is 35.5 Å². The fraction of sp³-hybridized carbons (Fsp3) is 0.553. The first-order valence-electron chi connectivity index (χ1n) is 36.4. The molecule has 4 aliphatic carbocycles. The van der Waals surface area contributed by atoms with Crippen molar-refractivity contribution in [3.63, 3.8) is 0 Å². The number of ether oxygens (including phenoxy) is 6. The van der Waals surface area contributed by atoms with Gasteiger partial charge in [0, 0.05) is 98.9 Å². The third-order valence-electron chi connectivity index (χ3n) is 23.0. The Kier molecular flexibility index (Phi) is 22.7. The second kappa shape index (κ2) is 31.3. The van der Waals surface area contributed by atoms with E-state index in [1.54, 1.807) is 78.6 Å². The maximum Gasteiger partial charge on any atom is 0.286 e. The van der Waals surface area contributed by atoms with Crippen LogP contribution in [-0.2, 0) is 67.1 Å². The van der Waals surface area contributed by atoms with Crippen molar-refractivity contribution in [3.05, 3.63) is 140 Å². The van der Waals surface area contributed by atoms with Crippen molar-refractivity contribution in [2.45, 2.75) is 138 Å². The Bertz CT molecular complexity index is 4310. The number of methoxy groups -OCH3 is 4. The number of hydrogen-bond donors (Lipinski definition) is 6. The average Bonchev–Trinajstić information content (AvgIpc) is 1.48. The van der Waals surface area contributed by atoms with E-state index >= 15 is 0 Å². The molecule has 0 radical (unpaired) electrons. The molecule has 6 aromatic rings. The van der Waals surface area contributed by atoms with Gasteiger partial charge in [0.25, 0.3) is 23.6 Å². The van der Waals surface area contributed by atoms with Gasteiger partial charge in [-0.1, -0.05) is 49.2 Å². The van der Waals surface area contributed by atoms with E-state index in [1.165, 1.54) is 58.2 Å². The summed E-state index contributed by atoms with van der Waals surface area (Å²) < 4.78 is 81.0. The number of nitrogens with zero attached hydrogens (tertiary/aromatic N) is 8. The largest absolute Gasteiger partial charge is 0.490 e. The van der Waals surface area contributed by atoms with E-state index in [1.807, 2.05) is 24.3 Å². The lowest BCUT2D eigenvalue weighted by Gasteiger charge is -2.47. The van der Waals surface area contributed by atoms with Crippen molar-refractivity contribution in [1.29, 1.82) is 0 Å². The molecule has 4 aliphatic heterocycles. The number of halogens is 2. The number of hydrogen-bond acceptors (Lipinski definition) is 20. The van der Waals surface area contributed by atoms with Crippen LogP contribution in [0.15, 0.2) is 93.9 Å². The van der Waals surface area contributed by atoms with E-state index in [4.69, 9.17) is 51.6 Å². The lowest BCUT2D eigenvalue weighted by Crippen LogP contribution is -2.53. The van der Waals surface area contributed by atoms with E-state index in [0.29, 0.717) is 72.3 Å². The number of aliphatic hydroxyl groups excluding tert-OH is 4.